The number of hydrogen-bond acceptors (Lipinski definition) is 3. The molecule has 1 aromatic heterocycles. The van der Waals surface area contributed by atoms with Gasteiger partial charge in [-0.1, -0.05) is 18.5 Å². The summed E-state index contributed by atoms with van der Waals surface area (Å²) in [5.41, 5.74) is 1.46. The van der Waals surface area contributed by atoms with E-state index < -0.39 is 0 Å². The maximum Gasteiger partial charge on any atom is 0.290 e. The van der Waals surface area contributed by atoms with Crippen LogP contribution in [0.1, 0.15) is 29.5 Å². The lowest BCUT2D eigenvalue weighted by Crippen LogP contribution is -2.39. The molecule has 1 N–H and O–H groups in total. The van der Waals surface area contributed by atoms with Crippen LogP contribution in [0.5, 0.6) is 0 Å². The molecule has 2 heterocycles. The largest absolute Gasteiger partial charge is 0.451 e. The lowest BCUT2D eigenvalue weighted by Gasteiger charge is -2.24. The third kappa shape index (κ3) is 2.32. The Labute approximate surface area is 128 Å². The normalized spacial score (nSPS) is 22.2. The number of carbonyl (C=O) groups excluding carboxylic acids is 1. The molecule has 1 fully saturated rings. The molecule has 2 unspecified atom stereocenters. The van der Waals surface area contributed by atoms with Gasteiger partial charge in [0.05, 0.1) is 12.6 Å². The number of nitrogens with zero attached hydrogens (tertiary/aromatic N) is 1. The van der Waals surface area contributed by atoms with Gasteiger partial charge in [0.25, 0.3) is 5.91 Å². The summed E-state index contributed by atoms with van der Waals surface area (Å²) in [6.45, 7) is 4.56. The van der Waals surface area contributed by atoms with Gasteiger partial charge in [-0.3, -0.25) is 4.79 Å². The van der Waals surface area contributed by atoms with Gasteiger partial charge >= 0.3 is 0 Å². The Morgan fingerprint density at radius 1 is 1.52 bits per heavy atom. The highest BCUT2D eigenvalue weighted by Crippen LogP contribution is 2.31. The van der Waals surface area contributed by atoms with Crippen LogP contribution in [0.2, 0.25) is 5.02 Å². The molecule has 2 atom stereocenters. The molecule has 1 amide bonds. The molecular formula is C16H18ClNO3. The molecule has 0 saturated carbocycles. The third-order valence-electron chi connectivity index (χ3n) is 4.42. The Morgan fingerprint density at radius 2 is 2.29 bits per heavy atom. The summed E-state index contributed by atoms with van der Waals surface area (Å²) in [6.07, 6.45) is 0.905. The van der Waals surface area contributed by atoms with Crippen molar-refractivity contribution in [2.24, 2.45) is 5.92 Å². The Kier molecular flexibility index (Phi) is 3.68. The molecule has 1 aromatic carbocycles. The molecule has 5 heteroatoms. The van der Waals surface area contributed by atoms with Crippen molar-refractivity contribution < 1.29 is 14.3 Å². The van der Waals surface area contributed by atoms with Crippen molar-refractivity contribution in [3.05, 3.63) is 34.5 Å². The smallest absolute Gasteiger partial charge is 0.290 e. The number of halogens is 1. The van der Waals surface area contributed by atoms with E-state index in [0.717, 1.165) is 17.4 Å². The Bertz CT molecular complexity index is 694. The topological polar surface area (TPSA) is 53.7 Å². The van der Waals surface area contributed by atoms with Crippen molar-refractivity contribution in [2.75, 3.05) is 13.2 Å². The molecule has 0 radical (unpaired) electrons. The van der Waals surface area contributed by atoms with Crippen molar-refractivity contribution >= 4 is 28.5 Å². The molecule has 3 rings (SSSR count). The van der Waals surface area contributed by atoms with Crippen molar-refractivity contribution in [1.29, 1.82) is 0 Å². The van der Waals surface area contributed by atoms with Gasteiger partial charge in [0.2, 0.25) is 0 Å². The highest BCUT2D eigenvalue weighted by molar-refractivity contribution is 6.31. The lowest BCUT2D eigenvalue weighted by molar-refractivity contribution is 0.0618. The maximum absolute atomic E-state index is 12.7. The average Bonchev–Trinajstić information content (AvgIpc) is 2.99. The van der Waals surface area contributed by atoms with E-state index >= 15 is 0 Å². The summed E-state index contributed by atoms with van der Waals surface area (Å²) in [6, 6.07) is 5.20. The van der Waals surface area contributed by atoms with E-state index in [4.69, 9.17) is 16.0 Å². The minimum absolute atomic E-state index is 0.0159. The number of amides is 1. The molecule has 112 valence electrons. The van der Waals surface area contributed by atoms with E-state index in [2.05, 4.69) is 6.92 Å². The first-order chi connectivity index (χ1) is 10.0. The fraction of sp³-hybridized carbons (Fsp3) is 0.438. The number of hydrogen-bond donors (Lipinski definition) is 1. The van der Waals surface area contributed by atoms with Crippen molar-refractivity contribution in [3.8, 4) is 0 Å². The summed E-state index contributed by atoms with van der Waals surface area (Å²) in [7, 11) is 0. The molecule has 1 aliphatic rings. The number of carbonyl (C=O) groups is 1. The number of rotatable bonds is 2. The number of aliphatic hydroxyl groups is 1. The minimum atomic E-state index is -0.150. The number of fused-ring (bicyclic) bond motifs is 1. The van der Waals surface area contributed by atoms with Crippen LogP contribution < -0.4 is 0 Å². The van der Waals surface area contributed by atoms with Crippen LogP contribution in [0.4, 0.5) is 0 Å². The third-order valence-corrected chi connectivity index (χ3v) is 4.66. The number of furan rings is 1. The fourth-order valence-corrected chi connectivity index (χ4v) is 3.24. The Hall–Kier alpha value is -1.52. The zero-order chi connectivity index (χ0) is 15.1. The van der Waals surface area contributed by atoms with Crippen LogP contribution in [0, 0.1) is 12.8 Å². The van der Waals surface area contributed by atoms with E-state index in [1.807, 2.05) is 13.0 Å². The van der Waals surface area contributed by atoms with Gasteiger partial charge in [0, 0.05) is 22.5 Å². The van der Waals surface area contributed by atoms with Crippen LogP contribution >= 0.6 is 11.6 Å². The minimum Gasteiger partial charge on any atom is -0.451 e. The monoisotopic (exact) mass is 307 g/mol. The van der Waals surface area contributed by atoms with Gasteiger partial charge in [-0.05, 0) is 37.5 Å². The molecule has 21 heavy (non-hydrogen) atoms. The first-order valence-electron chi connectivity index (χ1n) is 7.13. The lowest BCUT2D eigenvalue weighted by atomic mass is 10.0. The van der Waals surface area contributed by atoms with Crippen molar-refractivity contribution in [1.82, 2.24) is 4.90 Å². The number of benzene rings is 1. The van der Waals surface area contributed by atoms with E-state index in [0.29, 0.717) is 28.8 Å². The first-order valence-corrected chi connectivity index (χ1v) is 7.51. The van der Waals surface area contributed by atoms with E-state index in [1.54, 1.807) is 17.0 Å². The number of aryl methyl sites for hydroxylation is 1. The molecule has 1 aliphatic heterocycles. The first kappa shape index (κ1) is 14.4. The number of likely N-dealkylation sites (tertiary alicyclic amines) is 1. The second kappa shape index (κ2) is 5.35. The highest BCUT2D eigenvalue weighted by Gasteiger charge is 2.36. The van der Waals surface area contributed by atoms with Gasteiger partial charge in [0.1, 0.15) is 5.58 Å². The summed E-state index contributed by atoms with van der Waals surface area (Å²) in [5, 5.41) is 11.0. The summed E-state index contributed by atoms with van der Waals surface area (Å²) < 4.78 is 5.72. The van der Waals surface area contributed by atoms with Gasteiger partial charge in [0.15, 0.2) is 5.76 Å². The predicted octanol–water partition coefficient (Wildman–Crippen LogP) is 3.24. The molecule has 2 aromatic rings. The molecule has 0 bridgehead atoms. The summed E-state index contributed by atoms with van der Waals surface area (Å²) >= 11 is 6.00. The van der Waals surface area contributed by atoms with E-state index in [1.165, 1.54) is 0 Å². The molecule has 0 aliphatic carbocycles. The van der Waals surface area contributed by atoms with Gasteiger partial charge in [-0.25, -0.2) is 0 Å². The van der Waals surface area contributed by atoms with E-state index in [-0.39, 0.29) is 18.6 Å². The van der Waals surface area contributed by atoms with Crippen LogP contribution in [-0.4, -0.2) is 35.1 Å². The van der Waals surface area contributed by atoms with Gasteiger partial charge in [-0.2, -0.15) is 0 Å². The predicted molar refractivity (Wildman–Crippen MR) is 81.7 cm³/mol. The van der Waals surface area contributed by atoms with Crippen LogP contribution in [0.15, 0.2) is 22.6 Å². The SMILES string of the molecule is Cc1c(C(=O)N2CCC(C)C2CO)oc2ccc(Cl)cc12. The quantitative estimate of drug-likeness (QED) is 0.926. The number of aliphatic hydroxyl groups excluding tert-OH is 1. The molecule has 4 nitrogen and oxygen atoms in total. The van der Waals surface area contributed by atoms with Crippen LogP contribution in [0.25, 0.3) is 11.0 Å². The van der Waals surface area contributed by atoms with Crippen molar-refractivity contribution in [2.45, 2.75) is 26.3 Å². The average molecular weight is 308 g/mol. The van der Waals surface area contributed by atoms with Gasteiger partial charge in [-0.15, -0.1) is 0 Å². The molecular weight excluding hydrogens is 290 g/mol. The highest BCUT2D eigenvalue weighted by atomic mass is 35.5. The second-order valence-corrected chi connectivity index (χ2v) is 6.15. The summed E-state index contributed by atoms with van der Waals surface area (Å²) in [5.74, 6) is 0.501. The zero-order valence-corrected chi connectivity index (χ0v) is 12.9. The van der Waals surface area contributed by atoms with Crippen LogP contribution in [0.3, 0.4) is 0 Å². The summed E-state index contributed by atoms with van der Waals surface area (Å²) in [4.78, 5) is 14.4. The Morgan fingerprint density at radius 3 is 3.00 bits per heavy atom. The standard InChI is InChI=1S/C16H18ClNO3/c1-9-5-6-18(13(9)8-19)16(20)15-10(2)12-7-11(17)3-4-14(12)21-15/h3-4,7,9,13,19H,5-6,8H2,1-2H3. The van der Waals surface area contributed by atoms with Gasteiger partial charge < -0.3 is 14.4 Å². The maximum atomic E-state index is 12.7. The molecule has 0 spiro atoms. The van der Waals surface area contributed by atoms with E-state index in [9.17, 15) is 9.90 Å². The Balaban J connectivity index is 2.00. The zero-order valence-electron chi connectivity index (χ0n) is 12.1. The molecule has 1 saturated heterocycles. The second-order valence-electron chi connectivity index (χ2n) is 5.71. The van der Waals surface area contributed by atoms with Crippen molar-refractivity contribution in [3.63, 3.8) is 0 Å². The fourth-order valence-electron chi connectivity index (χ4n) is 3.07. The van der Waals surface area contributed by atoms with Crippen LogP contribution in [-0.2, 0) is 0 Å².